The third kappa shape index (κ3) is 4.04. The van der Waals surface area contributed by atoms with E-state index in [-0.39, 0.29) is 16.2 Å². The van der Waals surface area contributed by atoms with Crippen molar-refractivity contribution in [2.24, 2.45) is 0 Å². The molecule has 0 saturated heterocycles. The second-order valence-corrected chi connectivity index (χ2v) is 7.37. The number of methoxy groups -OCH3 is 1. The summed E-state index contributed by atoms with van der Waals surface area (Å²) in [4.78, 5) is 20.1. The van der Waals surface area contributed by atoms with Crippen LogP contribution < -0.4 is 9.47 Å². The van der Waals surface area contributed by atoms with E-state index in [1.165, 1.54) is 37.7 Å². The summed E-state index contributed by atoms with van der Waals surface area (Å²) < 4.78 is 51.8. The van der Waals surface area contributed by atoms with Gasteiger partial charge in [0.05, 0.1) is 12.7 Å². The molecule has 0 aliphatic heterocycles. The molecular formula is C20H14F3N3O4S. The Morgan fingerprint density at radius 1 is 1.23 bits per heavy atom. The maximum Gasteiger partial charge on any atom is 0.416 e. The molecule has 1 N–H and O–H groups in total. The summed E-state index contributed by atoms with van der Waals surface area (Å²) in [7, 11) is 1.47. The standard InChI is InChI=1S/C20H14F3N3O4S/c1-29-15-7-6-13-18(25-15)26(10-24-13)16-8-14(17(31-16)19(27)28)30-9-11-4-2-3-5-12(11)20(21,22)23/h2-8,10H,9H2,1H3,(H,27,28). The molecule has 0 unspecified atom stereocenters. The Morgan fingerprint density at radius 2 is 2.00 bits per heavy atom. The monoisotopic (exact) mass is 449 g/mol. The smallest absolute Gasteiger partial charge is 0.416 e. The lowest BCUT2D eigenvalue weighted by Crippen LogP contribution is -2.11. The molecule has 0 atom stereocenters. The molecule has 0 aliphatic rings. The van der Waals surface area contributed by atoms with Gasteiger partial charge in [0, 0.05) is 17.7 Å². The van der Waals surface area contributed by atoms with Crippen molar-refractivity contribution in [3.8, 4) is 16.6 Å². The number of hydrogen-bond acceptors (Lipinski definition) is 6. The van der Waals surface area contributed by atoms with Crippen LogP contribution in [0.4, 0.5) is 13.2 Å². The van der Waals surface area contributed by atoms with Gasteiger partial charge in [-0.3, -0.25) is 4.57 Å². The number of rotatable bonds is 6. The van der Waals surface area contributed by atoms with Crippen molar-refractivity contribution in [1.82, 2.24) is 14.5 Å². The van der Waals surface area contributed by atoms with Crippen molar-refractivity contribution >= 4 is 28.5 Å². The second kappa shape index (κ2) is 7.91. The van der Waals surface area contributed by atoms with Crippen LogP contribution in [0, 0.1) is 0 Å². The Hall–Kier alpha value is -3.60. The minimum Gasteiger partial charge on any atom is -0.487 e. The largest absolute Gasteiger partial charge is 0.487 e. The van der Waals surface area contributed by atoms with Crippen molar-refractivity contribution in [3.05, 3.63) is 64.8 Å². The Balaban J connectivity index is 1.69. The van der Waals surface area contributed by atoms with E-state index in [2.05, 4.69) is 9.97 Å². The molecule has 0 radical (unpaired) electrons. The molecule has 0 amide bonds. The normalized spacial score (nSPS) is 11.6. The van der Waals surface area contributed by atoms with Crippen molar-refractivity contribution in [2.45, 2.75) is 12.8 Å². The number of nitrogens with zero attached hydrogens (tertiary/aromatic N) is 3. The summed E-state index contributed by atoms with van der Waals surface area (Å²) in [6.07, 6.45) is -3.08. The molecule has 7 nitrogen and oxygen atoms in total. The molecule has 4 rings (SSSR count). The van der Waals surface area contributed by atoms with Crippen LogP contribution in [0.2, 0.25) is 0 Å². The topological polar surface area (TPSA) is 86.5 Å². The molecule has 3 heterocycles. The van der Waals surface area contributed by atoms with Gasteiger partial charge in [0.1, 0.15) is 29.2 Å². The summed E-state index contributed by atoms with van der Waals surface area (Å²) in [5, 5.41) is 9.97. The summed E-state index contributed by atoms with van der Waals surface area (Å²) >= 11 is 0.894. The third-order valence-corrected chi connectivity index (χ3v) is 5.50. The maximum absolute atomic E-state index is 13.2. The van der Waals surface area contributed by atoms with Gasteiger partial charge >= 0.3 is 12.1 Å². The first-order valence-electron chi connectivity index (χ1n) is 8.81. The number of benzene rings is 1. The van der Waals surface area contributed by atoms with Crippen LogP contribution in [0.25, 0.3) is 16.2 Å². The molecule has 0 fully saturated rings. The molecule has 3 aromatic heterocycles. The number of halogens is 3. The van der Waals surface area contributed by atoms with Gasteiger partial charge in [-0.1, -0.05) is 18.2 Å². The van der Waals surface area contributed by atoms with Crippen LogP contribution in [0.1, 0.15) is 20.8 Å². The average molecular weight is 449 g/mol. The minimum absolute atomic E-state index is 0.0470. The highest BCUT2D eigenvalue weighted by atomic mass is 32.1. The predicted octanol–water partition coefficient (Wildman–Crippen LogP) is 4.79. The number of carboxylic acid groups (broad SMARTS) is 1. The second-order valence-electron chi connectivity index (χ2n) is 6.34. The zero-order chi connectivity index (χ0) is 22.2. The number of ether oxygens (including phenoxy) is 2. The highest BCUT2D eigenvalue weighted by Crippen LogP contribution is 2.36. The van der Waals surface area contributed by atoms with Crippen molar-refractivity contribution in [2.75, 3.05) is 7.11 Å². The Morgan fingerprint density at radius 3 is 2.71 bits per heavy atom. The van der Waals surface area contributed by atoms with Crippen LogP contribution in [-0.4, -0.2) is 32.7 Å². The summed E-state index contributed by atoms with van der Waals surface area (Å²) in [6, 6.07) is 9.76. The van der Waals surface area contributed by atoms with E-state index < -0.39 is 24.3 Å². The number of thiophene rings is 1. The average Bonchev–Trinajstić information content (AvgIpc) is 3.35. The van der Waals surface area contributed by atoms with Gasteiger partial charge in [-0.05, 0) is 12.1 Å². The number of alkyl halides is 3. The first kappa shape index (κ1) is 20.7. The number of fused-ring (bicyclic) bond motifs is 1. The molecule has 0 saturated carbocycles. The fraction of sp³-hybridized carbons (Fsp3) is 0.150. The number of aromatic carboxylic acids is 1. The lowest BCUT2D eigenvalue weighted by Gasteiger charge is -2.13. The number of carboxylic acids is 1. The number of imidazole rings is 1. The Bertz CT molecular complexity index is 1270. The van der Waals surface area contributed by atoms with E-state index >= 15 is 0 Å². The third-order valence-electron chi connectivity index (χ3n) is 4.40. The van der Waals surface area contributed by atoms with E-state index in [4.69, 9.17) is 9.47 Å². The van der Waals surface area contributed by atoms with Gasteiger partial charge in [0.15, 0.2) is 10.5 Å². The molecule has 0 bridgehead atoms. The predicted molar refractivity (Wildman–Crippen MR) is 106 cm³/mol. The van der Waals surface area contributed by atoms with E-state index in [9.17, 15) is 23.1 Å². The SMILES string of the molecule is COc1ccc2ncn(-c3cc(OCc4ccccc4C(F)(F)F)c(C(=O)O)s3)c2n1. The molecule has 1 aromatic carbocycles. The Kier molecular flexibility index (Phi) is 5.27. The summed E-state index contributed by atoms with van der Waals surface area (Å²) in [6.45, 7) is -0.442. The first-order chi connectivity index (χ1) is 14.8. The fourth-order valence-corrected chi connectivity index (χ4v) is 3.88. The van der Waals surface area contributed by atoms with Gasteiger partial charge in [0.25, 0.3) is 0 Å². The molecule has 0 spiro atoms. The van der Waals surface area contributed by atoms with Crippen LogP contribution in [0.15, 0.2) is 48.8 Å². The van der Waals surface area contributed by atoms with Gasteiger partial charge in [-0.2, -0.15) is 18.2 Å². The number of carbonyl (C=O) groups is 1. The van der Waals surface area contributed by atoms with Crippen molar-refractivity contribution in [3.63, 3.8) is 0 Å². The minimum atomic E-state index is -4.55. The summed E-state index contributed by atoms with van der Waals surface area (Å²) in [5.41, 5.74) is 0.0666. The van der Waals surface area contributed by atoms with Crippen molar-refractivity contribution < 1.29 is 32.5 Å². The number of pyridine rings is 1. The quantitative estimate of drug-likeness (QED) is 0.456. The van der Waals surface area contributed by atoms with Gasteiger partial charge in [-0.25, -0.2) is 9.78 Å². The van der Waals surface area contributed by atoms with Crippen LogP contribution in [-0.2, 0) is 12.8 Å². The maximum atomic E-state index is 13.2. The lowest BCUT2D eigenvalue weighted by molar-refractivity contribution is -0.138. The molecule has 31 heavy (non-hydrogen) atoms. The van der Waals surface area contributed by atoms with E-state index in [0.29, 0.717) is 22.0 Å². The number of hydrogen-bond donors (Lipinski definition) is 1. The van der Waals surface area contributed by atoms with Crippen molar-refractivity contribution in [1.29, 1.82) is 0 Å². The molecule has 11 heteroatoms. The fourth-order valence-electron chi connectivity index (χ4n) is 2.97. The van der Waals surface area contributed by atoms with Gasteiger partial charge in [-0.15, -0.1) is 11.3 Å². The Labute approximate surface area is 177 Å². The van der Waals surface area contributed by atoms with E-state index in [1.54, 1.807) is 16.7 Å². The highest BCUT2D eigenvalue weighted by Gasteiger charge is 2.33. The highest BCUT2D eigenvalue weighted by molar-refractivity contribution is 7.16. The molecule has 0 aliphatic carbocycles. The van der Waals surface area contributed by atoms with Gasteiger partial charge < -0.3 is 14.6 Å². The van der Waals surface area contributed by atoms with Gasteiger partial charge in [0.2, 0.25) is 5.88 Å². The molecule has 160 valence electrons. The number of aromatic nitrogens is 3. The van der Waals surface area contributed by atoms with Crippen LogP contribution >= 0.6 is 11.3 Å². The molecular weight excluding hydrogens is 435 g/mol. The van der Waals surface area contributed by atoms with E-state index in [1.807, 2.05) is 0 Å². The molecule has 4 aromatic rings. The zero-order valence-electron chi connectivity index (χ0n) is 15.9. The van der Waals surface area contributed by atoms with Crippen LogP contribution in [0.5, 0.6) is 11.6 Å². The lowest BCUT2D eigenvalue weighted by atomic mass is 10.1. The van der Waals surface area contributed by atoms with Crippen LogP contribution in [0.3, 0.4) is 0 Å². The zero-order valence-corrected chi connectivity index (χ0v) is 16.7. The first-order valence-corrected chi connectivity index (χ1v) is 9.63. The summed E-state index contributed by atoms with van der Waals surface area (Å²) in [5.74, 6) is -0.955. The van der Waals surface area contributed by atoms with E-state index in [0.717, 1.165) is 17.4 Å².